The zero-order chi connectivity index (χ0) is 10.1. The molecule has 0 saturated heterocycles. The standard InChI is InChI=1S/C15H22/c1-2-7-12(6-1)14-10-5-11-15(14)13-8-3-4-9-13/h5,10-14H,1-4,6-9H2. The predicted molar refractivity (Wildman–Crippen MR) is 64.6 cm³/mol. The van der Waals surface area contributed by atoms with Crippen LogP contribution in [-0.4, -0.2) is 0 Å². The lowest BCUT2D eigenvalue weighted by Crippen LogP contribution is -2.14. The lowest BCUT2D eigenvalue weighted by Gasteiger charge is -2.24. The van der Waals surface area contributed by atoms with Gasteiger partial charge in [0.25, 0.3) is 0 Å². The largest absolute Gasteiger partial charge is 0.0770 e. The van der Waals surface area contributed by atoms with Gasteiger partial charge < -0.3 is 0 Å². The molecule has 3 aliphatic rings. The van der Waals surface area contributed by atoms with Gasteiger partial charge in [0, 0.05) is 5.92 Å². The van der Waals surface area contributed by atoms with Crippen LogP contribution in [0.5, 0.6) is 0 Å². The fourth-order valence-electron chi connectivity index (χ4n) is 3.92. The summed E-state index contributed by atoms with van der Waals surface area (Å²) in [6, 6.07) is 0. The van der Waals surface area contributed by atoms with Gasteiger partial charge in [-0.25, -0.2) is 0 Å². The Bertz CT molecular complexity index is 272. The molecule has 0 heteroatoms. The number of rotatable bonds is 2. The third kappa shape index (κ3) is 1.79. The Hall–Kier alpha value is -0.520. The average molecular weight is 202 g/mol. The van der Waals surface area contributed by atoms with Crippen molar-refractivity contribution in [3.05, 3.63) is 23.8 Å². The third-order valence-electron chi connectivity index (χ3n) is 4.73. The van der Waals surface area contributed by atoms with E-state index in [9.17, 15) is 0 Å². The fourth-order valence-corrected chi connectivity index (χ4v) is 3.92. The molecule has 2 saturated carbocycles. The highest BCUT2D eigenvalue weighted by Crippen LogP contribution is 2.44. The van der Waals surface area contributed by atoms with Crippen LogP contribution in [0.15, 0.2) is 23.8 Å². The summed E-state index contributed by atoms with van der Waals surface area (Å²) < 4.78 is 0. The molecule has 82 valence electrons. The molecule has 1 atom stereocenters. The second-order valence-corrected chi connectivity index (χ2v) is 5.60. The van der Waals surface area contributed by atoms with Gasteiger partial charge >= 0.3 is 0 Å². The van der Waals surface area contributed by atoms with E-state index in [4.69, 9.17) is 0 Å². The normalized spacial score (nSPS) is 32.8. The molecule has 0 bridgehead atoms. The summed E-state index contributed by atoms with van der Waals surface area (Å²) in [4.78, 5) is 0. The molecular formula is C15H22. The molecule has 0 spiro atoms. The molecule has 3 aliphatic carbocycles. The van der Waals surface area contributed by atoms with E-state index in [0.717, 1.165) is 17.8 Å². The molecule has 0 nitrogen and oxygen atoms in total. The van der Waals surface area contributed by atoms with Crippen LogP contribution in [0.1, 0.15) is 51.4 Å². The second-order valence-electron chi connectivity index (χ2n) is 5.60. The molecule has 3 rings (SSSR count). The molecule has 0 heterocycles. The molecule has 0 amide bonds. The van der Waals surface area contributed by atoms with E-state index in [0.29, 0.717) is 0 Å². The Balaban J connectivity index is 1.72. The highest BCUT2D eigenvalue weighted by molar-refractivity contribution is 5.30. The van der Waals surface area contributed by atoms with Crippen molar-refractivity contribution in [1.82, 2.24) is 0 Å². The van der Waals surface area contributed by atoms with Crippen molar-refractivity contribution in [2.45, 2.75) is 51.4 Å². The summed E-state index contributed by atoms with van der Waals surface area (Å²) in [5.74, 6) is 2.79. The summed E-state index contributed by atoms with van der Waals surface area (Å²) in [5, 5.41) is 0. The maximum Gasteiger partial charge on any atom is 0.00140 e. The van der Waals surface area contributed by atoms with Crippen LogP contribution in [0.3, 0.4) is 0 Å². The summed E-state index contributed by atoms with van der Waals surface area (Å²) in [7, 11) is 0. The van der Waals surface area contributed by atoms with Crippen molar-refractivity contribution < 1.29 is 0 Å². The van der Waals surface area contributed by atoms with Crippen LogP contribution in [0.2, 0.25) is 0 Å². The van der Waals surface area contributed by atoms with Gasteiger partial charge in [0.2, 0.25) is 0 Å². The van der Waals surface area contributed by atoms with Crippen LogP contribution < -0.4 is 0 Å². The minimum Gasteiger partial charge on any atom is -0.0770 e. The Morgan fingerprint density at radius 2 is 1.53 bits per heavy atom. The van der Waals surface area contributed by atoms with Gasteiger partial charge in [0.15, 0.2) is 0 Å². The lowest BCUT2D eigenvalue weighted by molar-refractivity contribution is 0.418. The quantitative estimate of drug-likeness (QED) is 0.619. The van der Waals surface area contributed by atoms with Gasteiger partial charge in [-0.3, -0.25) is 0 Å². The summed E-state index contributed by atoms with van der Waals surface area (Å²) in [6.45, 7) is 0. The van der Waals surface area contributed by atoms with E-state index in [1.165, 1.54) is 51.4 Å². The van der Waals surface area contributed by atoms with E-state index in [1.807, 2.05) is 0 Å². The molecule has 0 N–H and O–H groups in total. The van der Waals surface area contributed by atoms with Crippen molar-refractivity contribution in [1.29, 1.82) is 0 Å². The van der Waals surface area contributed by atoms with Crippen LogP contribution in [0.25, 0.3) is 0 Å². The molecule has 0 aliphatic heterocycles. The van der Waals surface area contributed by atoms with Crippen LogP contribution in [-0.2, 0) is 0 Å². The lowest BCUT2D eigenvalue weighted by atomic mass is 9.80. The first kappa shape index (κ1) is 9.69. The summed E-state index contributed by atoms with van der Waals surface area (Å²) in [6.07, 6.45) is 19.1. The van der Waals surface area contributed by atoms with Crippen LogP contribution >= 0.6 is 0 Å². The van der Waals surface area contributed by atoms with Crippen molar-refractivity contribution in [3.8, 4) is 0 Å². The molecule has 0 aromatic rings. The molecule has 0 aromatic heterocycles. The van der Waals surface area contributed by atoms with Gasteiger partial charge in [-0.1, -0.05) is 49.5 Å². The first-order valence-electron chi connectivity index (χ1n) is 6.83. The molecule has 1 unspecified atom stereocenters. The maximum absolute atomic E-state index is 2.49. The predicted octanol–water partition coefficient (Wildman–Crippen LogP) is 4.48. The maximum atomic E-state index is 2.49. The zero-order valence-electron chi connectivity index (χ0n) is 9.62. The topological polar surface area (TPSA) is 0 Å². The van der Waals surface area contributed by atoms with E-state index in [2.05, 4.69) is 18.2 Å². The average Bonchev–Trinajstić information content (AvgIpc) is 3.01. The van der Waals surface area contributed by atoms with Gasteiger partial charge in [-0.15, -0.1) is 0 Å². The first-order valence-corrected chi connectivity index (χ1v) is 6.83. The Morgan fingerprint density at radius 1 is 0.867 bits per heavy atom. The molecular weight excluding hydrogens is 180 g/mol. The Morgan fingerprint density at radius 3 is 2.27 bits per heavy atom. The van der Waals surface area contributed by atoms with E-state index >= 15 is 0 Å². The second kappa shape index (κ2) is 4.15. The summed E-state index contributed by atoms with van der Waals surface area (Å²) >= 11 is 0. The molecule has 0 aromatic carbocycles. The van der Waals surface area contributed by atoms with Gasteiger partial charge in [-0.05, 0) is 37.5 Å². The van der Waals surface area contributed by atoms with Crippen molar-refractivity contribution in [3.63, 3.8) is 0 Å². The van der Waals surface area contributed by atoms with Crippen molar-refractivity contribution in [2.24, 2.45) is 17.8 Å². The Kier molecular flexibility index (Phi) is 2.68. The third-order valence-corrected chi connectivity index (χ3v) is 4.73. The fraction of sp³-hybridized carbons (Fsp3) is 0.733. The zero-order valence-corrected chi connectivity index (χ0v) is 9.62. The minimum atomic E-state index is 0.843. The number of hydrogen-bond donors (Lipinski definition) is 0. The first-order chi connectivity index (χ1) is 7.45. The smallest absolute Gasteiger partial charge is 0.00140 e. The van der Waals surface area contributed by atoms with E-state index in [-0.39, 0.29) is 0 Å². The van der Waals surface area contributed by atoms with E-state index < -0.39 is 0 Å². The SMILES string of the molecule is C1=CC(C2CCCC2)C(C2CCCC2)=C1. The highest BCUT2D eigenvalue weighted by Gasteiger charge is 2.32. The number of allylic oxidation sites excluding steroid dienone is 4. The van der Waals surface area contributed by atoms with E-state index in [1.54, 1.807) is 5.57 Å². The van der Waals surface area contributed by atoms with Gasteiger partial charge in [0.05, 0.1) is 0 Å². The van der Waals surface area contributed by atoms with Crippen molar-refractivity contribution >= 4 is 0 Å². The molecule has 2 fully saturated rings. The van der Waals surface area contributed by atoms with Crippen molar-refractivity contribution in [2.75, 3.05) is 0 Å². The Labute approximate surface area is 93.5 Å². The highest BCUT2D eigenvalue weighted by atomic mass is 14.4. The van der Waals surface area contributed by atoms with Gasteiger partial charge in [0.1, 0.15) is 0 Å². The molecule has 15 heavy (non-hydrogen) atoms. The summed E-state index contributed by atoms with van der Waals surface area (Å²) in [5.41, 5.74) is 1.81. The number of hydrogen-bond acceptors (Lipinski definition) is 0. The minimum absolute atomic E-state index is 0.843. The monoisotopic (exact) mass is 202 g/mol. The van der Waals surface area contributed by atoms with Crippen LogP contribution in [0, 0.1) is 17.8 Å². The van der Waals surface area contributed by atoms with Crippen LogP contribution in [0.4, 0.5) is 0 Å². The molecule has 0 radical (unpaired) electrons. The van der Waals surface area contributed by atoms with Gasteiger partial charge in [-0.2, -0.15) is 0 Å².